The SMILES string of the molecule is CN(C)c1ccc(C(O)CC2=CC=CC=[N+]2)cc1.[I-]. The van der Waals surface area contributed by atoms with E-state index in [1.807, 2.05) is 61.5 Å². The van der Waals surface area contributed by atoms with Crippen LogP contribution in [0.2, 0.25) is 0 Å². The zero-order chi connectivity index (χ0) is 13.0. The quantitative estimate of drug-likeness (QED) is 0.695. The summed E-state index contributed by atoms with van der Waals surface area (Å²) in [7, 11) is 4.00. The Labute approximate surface area is 131 Å². The summed E-state index contributed by atoms with van der Waals surface area (Å²) in [5.41, 5.74) is 2.96. The molecule has 3 nitrogen and oxygen atoms in total. The molecule has 0 saturated carbocycles. The van der Waals surface area contributed by atoms with Gasteiger partial charge >= 0.3 is 0 Å². The van der Waals surface area contributed by atoms with Gasteiger partial charge in [0.1, 0.15) is 0 Å². The summed E-state index contributed by atoms with van der Waals surface area (Å²) < 4.78 is 0. The average Bonchev–Trinajstić information content (AvgIpc) is 2.40. The third kappa shape index (κ3) is 4.47. The van der Waals surface area contributed by atoms with Crippen molar-refractivity contribution in [3.8, 4) is 0 Å². The van der Waals surface area contributed by atoms with Crippen LogP contribution in [0, 0.1) is 0 Å². The molecule has 101 valence electrons. The van der Waals surface area contributed by atoms with Crippen molar-refractivity contribution in [2.24, 2.45) is 0 Å². The van der Waals surface area contributed by atoms with E-state index in [9.17, 15) is 5.11 Å². The molecule has 1 atom stereocenters. The second-order valence-corrected chi connectivity index (χ2v) is 4.53. The standard InChI is InChI=1S/C15H18N2O.HI/c1-17(2)14-8-6-12(7-9-14)15(18)11-13-5-3-4-10-16-13;/h3-10,15,18H,11H2,1-2H3;1H/q+1;/p-1. The van der Waals surface area contributed by atoms with E-state index in [1.165, 1.54) is 0 Å². The highest BCUT2D eigenvalue weighted by molar-refractivity contribution is 5.72. The lowest BCUT2D eigenvalue weighted by Crippen LogP contribution is -3.00. The molecule has 19 heavy (non-hydrogen) atoms. The normalized spacial score (nSPS) is 14.6. The van der Waals surface area contributed by atoms with E-state index in [-0.39, 0.29) is 24.0 Å². The molecule has 1 aliphatic rings. The van der Waals surface area contributed by atoms with Crippen molar-refractivity contribution < 1.29 is 29.1 Å². The lowest BCUT2D eigenvalue weighted by molar-refractivity contribution is -0.00000577. The van der Waals surface area contributed by atoms with Gasteiger partial charge in [0, 0.05) is 31.9 Å². The van der Waals surface area contributed by atoms with E-state index in [2.05, 4.69) is 4.99 Å². The molecule has 0 aliphatic carbocycles. The molecular weight excluding hydrogens is 351 g/mol. The van der Waals surface area contributed by atoms with Crippen molar-refractivity contribution in [2.75, 3.05) is 19.0 Å². The number of aliphatic hydroxyl groups is 1. The van der Waals surface area contributed by atoms with Crippen LogP contribution in [0.1, 0.15) is 18.1 Å². The number of nitrogens with zero attached hydrogens (tertiary/aromatic N) is 2. The Hall–Kier alpha value is -1.14. The van der Waals surface area contributed by atoms with Gasteiger partial charge in [0.2, 0.25) is 6.21 Å². The molecular formula is C15H18IN2O. The lowest BCUT2D eigenvalue weighted by atomic mass is 10.0. The highest BCUT2D eigenvalue weighted by Crippen LogP contribution is 2.22. The van der Waals surface area contributed by atoms with Crippen LogP contribution < -0.4 is 33.9 Å². The summed E-state index contributed by atoms with van der Waals surface area (Å²) in [5, 5.41) is 10.1. The second kappa shape index (κ2) is 7.45. The van der Waals surface area contributed by atoms with Gasteiger partial charge in [-0.3, -0.25) is 0 Å². The molecule has 0 spiro atoms. The van der Waals surface area contributed by atoms with Gasteiger partial charge in [-0.15, -0.1) is 0 Å². The van der Waals surface area contributed by atoms with E-state index in [1.54, 1.807) is 6.21 Å². The van der Waals surface area contributed by atoms with Gasteiger partial charge < -0.3 is 34.0 Å². The zero-order valence-electron chi connectivity index (χ0n) is 11.1. The fourth-order valence-corrected chi connectivity index (χ4v) is 1.83. The van der Waals surface area contributed by atoms with E-state index >= 15 is 0 Å². The molecule has 0 aromatic heterocycles. The first-order valence-electron chi connectivity index (χ1n) is 6.02. The van der Waals surface area contributed by atoms with Crippen molar-refractivity contribution >= 4 is 11.9 Å². The Morgan fingerprint density at radius 1 is 1.16 bits per heavy atom. The fourth-order valence-electron chi connectivity index (χ4n) is 1.83. The maximum absolute atomic E-state index is 10.1. The number of hydrogen-bond donors (Lipinski definition) is 1. The minimum absolute atomic E-state index is 0. The Bertz CT molecular complexity index is 489. The van der Waals surface area contributed by atoms with Crippen molar-refractivity contribution in [1.82, 2.24) is 4.99 Å². The number of anilines is 1. The summed E-state index contributed by atoms with van der Waals surface area (Å²) in [6.45, 7) is 0. The molecule has 1 aromatic rings. The molecule has 1 radical (unpaired) electrons. The summed E-state index contributed by atoms with van der Waals surface area (Å²) in [5.74, 6) is 0. The fraction of sp³-hybridized carbons (Fsp3) is 0.267. The van der Waals surface area contributed by atoms with Crippen LogP contribution in [0.3, 0.4) is 0 Å². The number of hydrogen-bond acceptors (Lipinski definition) is 3. The van der Waals surface area contributed by atoms with Crippen molar-refractivity contribution in [3.05, 3.63) is 53.8 Å². The molecule has 2 rings (SSSR count). The Morgan fingerprint density at radius 2 is 1.84 bits per heavy atom. The van der Waals surface area contributed by atoms with Gasteiger partial charge in [0.25, 0.3) is 5.70 Å². The number of aliphatic hydroxyl groups excluding tert-OH is 1. The zero-order valence-corrected chi connectivity index (χ0v) is 13.3. The smallest absolute Gasteiger partial charge is 0.256 e. The molecule has 1 aliphatic heterocycles. The lowest BCUT2D eigenvalue weighted by Gasteiger charge is -2.14. The number of benzene rings is 1. The molecule has 0 fully saturated rings. The number of halogens is 1. The molecule has 1 N–H and O–H groups in total. The topological polar surface area (TPSA) is 37.6 Å². The molecule has 0 saturated heterocycles. The minimum atomic E-state index is -0.504. The summed E-state index contributed by atoms with van der Waals surface area (Å²) in [4.78, 5) is 6.26. The van der Waals surface area contributed by atoms with Crippen LogP contribution >= 0.6 is 0 Å². The van der Waals surface area contributed by atoms with Crippen molar-refractivity contribution in [3.63, 3.8) is 0 Å². The first-order valence-corrected chi connectivity index (χ1v) is 6.02. The van der Waals surface area contributed by atoms with E-state index in [4.69, 9.17) is 0 Å². The Balaban J connectivity index is 0.00000180. The molecule has 1 aromatic carbocycles. The maximum atomic E-state index is 10.1. The van der Waals surface area contributed by atoms with Gasteiger partial charge in [-0.05, 0) is 23.8 Å². The molecule has 1 unspecified atom stereocenters. The van der Waals surface area contributed by atoms with Gasteiger partial charge in [-0.25, -0.2) is 0 Å². The molecule has 0 amide bonds. The van der Waals surface area contributed by atoms with E-state index in [0.29, 0.717) is 6.42 Å². The van der Waals surface area contributed by atoms with E-state index < -0.39 is 6.10 Å². The number of rotatable bonds is 4. The largest absolute Gasteiger partial charge is 1.00 e. The summed E-state index contributed by atoms with van der Waals surface area (Å²) >= 11 is 0. The second-order valence-electron chi connectivity index (χ2n) is 4.53. The molecule has 4 heteroatoms. The van der Waals surface area contributed by atoms with Gasteiger partial charge in [-0.1, -0.05) is 12.1 Å². The number of allylic oxidation sites excluding steroid dienone is 3. The van der Waals surface area contributed by atoms with Crippen LogP contribution in [0.15, 0.2) is 48.2 Å². The van der Waals surface area contributed by atoms with Crippen LogP contribution in [0.4, 0.5) is 5.69 Å². The van der Waals surface area contributed by atoms with E-state index in [0.717, 1.165) is 16.9 Å². The van der Waals surface area contributed by atoms with Gasteiger partial charge in [0.05, 0.1) is 17.5 Å². The predicted molar refractivity (Wildman–Crippen MR) is 75.8 cm³/mol. The molecule has 1 heterocycles. The minimum Gasteiger partial charge on any atom is -1.00 e. The van der Waals surface area contributed by atoms with Crippen LogP contribution in [0.25, 0.3) is 0 Å². The highest BCUT2D eigenvalue weighted by atomic mass is 127. The highest BCUT2D eigenvalue weighted by Gasteiger charge is 2.16. The van der Waals surface area contributed by atoms with Gasteiger partial charge in [-0.2, -0.15) is 0 Å². The first kappa shape index (κ1) is 15.9. The summed E-state index contributed by atoms with van der Waals surface area (Å²) in [6, 6.07) is 7.94. The first-order chi connectivity index (χ1) is 8.66. The van der Waals surface area contributed by atoms with Crippen LogP contribution in [-0.4, -0.2) is 25.4 Å². The number of aliphatic imine (C=N–C) groups is 1. The molecule has 0 bridgehead atoms. The van der Waals surface area contributed by atoms with Crippen molar-refractivity contribution in [1.29, 1.82) is 0 Å². The Morgan fingerprint density at radius 3 is 2.37 bits per heavy atom. The average molecular weight is 369 g/mol. The third-order valence-corrected chi connectivity index (χ3v) is 2.92. The van der Waals surface area contributed by atoms with Gasteiger partial charge in [0.15, 0.2) is 0 Å². The van der Waals surface area contributed by atoms with Crippen molar-refractivity contribution in [2.45, 2.75) is 12.5 Å². The summed E-state index contributed by atoms with van der Waals surface area (Å²) in [6.07, 6.45) is 7.53. The predicted octanol–water partition coefficient (Wildman–Crippen LogP) is -0.960. The third-order valence-electron chi connectivity index (χ3n) is 2.92. The van der Waals surface area contributed by atoms with Crippen LogP contribution in [-0.2, 0) is 0 Å². The maximum Gasteiger partial charge on any atom is 0.256 e. The van der Waals surface area contributed by atoms with Crippen LogP contribution in [0.5, 0.6) is 0 Å². The monoisotopic (exact) mass is 369 g/mol. The Kier molecular flexibility index (Phi) is 6.24.